The molecule has 78 valence electrons. The fourth-order valence-electron chi connectivity index (χ4n) is 0.777. The SMILES string of the molecule is Nc1cnc(OOCCCO)c(N)c1. The maximum absolute atomic E-state index is 8.46. The minimum absolute atomic E-state index is 0.0496. The van der Waals surface area contributed by atoms with E-state index in [1.165, 1.54) is 12.3 Å². The summed E-state index contributed by atoms with van der Waals surface area (Å²) in [6.45, 7) is 0.329. The Morgan fingerprint density at radius 1 is 1.43 bits per heavy atom. The Bertz CT molecular complexity index is 293. The van der Waals surface area contributed by atoms with Gasteiger partial charge in [0.1, 0.15) is 5.69 Å². The molecule has 0 unspecified atom stereocenters. The Balaban J connectivity index is 2.42. The van der Waals surface area contributed by atoms with Gasteiger partial charge >= 0.3 is 0 Å². The van der Waals surface area contributed by atoms with E-state index < -0.39 is 0 Å². The molecule has 0 atom stereocenters. The number of aromatic nitrogens is 1. The van der Waals surface area contributed by atoms with E-state index in [9.17, 15) is 0 Å². The van der Waals surface area contributed by atoms with Gasteiger partial charge in [-0.1, -0.05) is 0 Å². The van der Waals surface area contributed by atoms with Crippen molar-refractivity contribution in [2.75, 3.05) is 24.7 Å². The van der Waals surface area contributed by atoms with Gasteiger partial charge in [0.05, 0.1) is 18.5 Å². The Labute approximate surface area is 81.4 Å². The predicted octanol–water partition coefficient (Wildman–Crippen LogP) is -0.0612. The van der Waals surface area contributed by atoms with Crippen LogP contribution in [-0.4, -0.2) is 23.3 Å². The third-order valence-corrected chi connectivity index (χ3v) is 1.42. The molecule has 0 aromatic carbocycles. The number of aliphatic hydroxyl groups excluding tert-OH is 1. The van der Waals surface area contributed by atoms with Crippen molar-refractivity contribution >= 4 is 11.4 Å². The molecule has 0 fully saturated rings. The van der Waals surface area contributed by atoms with Crippen LogP contribution in [-0.2, 0) is 4.89 Å². The number of nitrogens with two attached hydrogens (primary N) is 2. The van der Waals surface area contributed by atoms with Gasteiger partial charge in [-0.15, -0.1) is 0 Å². The van der Waals surface area contributed by atoms with E-state index in [0.717, 1.165) is 0 Å². The first-order chi connectivity index (χ1) is 6.74. The van der Waals surface area contributed by atoms with Gasteiger partial charge in [-0.25, -0.2) is 4.98 Å². The van der Waals surface area contributed by atoms with Crippen LogP contribution in [0.15, 0.2) is 12.3 Å². The highest BCUT2D eigenvalue weighted by molar-refractivity contribution is 5.55. The topological polar surface area (TPSA) is 104 Å². The maximum atomic E-state index is 8.46. The third-order valence-electron chi connectivity index (χ3n) is 1.42. The molecule has 1 heterocycles. The zero-order valence-corrected chi connectivity index (χ0v) is 7.64. The van der Waals surface area contributed by atoms with Crippen molar-refractivity contribution in [3.63, 3.8) is 0 Å². The van der Waals surface area contributed by atoms with E-state index >= 15 is 0 Å². The molecule has 0 saturated heterocycles. The lowest BCUT2D eigenvalue weighted by Gasteiger charge is -2.05. The third kappa shape index (κ3) is 3.08. The van der Waals surface area contributed by atoms with Gasteiger partial charge in [0.25, 0.3) is 5.88 Å². The Kier molecular flexibility index (Phi) is 3.96. The zero-order chi connectivity index (χ0) is 10.4. The van der Waals surface area contributed by atoms with Crippen molar-refractivity contribution in [1.82, 2.24) is 4.98 Å². The number of hydrogen-bond donors (Lipinski definition) is 3. The second kappa shape index (κ2) is 5.25. The number of anilines is 2. The molecule has 1 aromatic heterocycles. The second-order valence-corrected chi connectivity index (χ2v) is 2.65. The van der Waals surface area contributed by atoms with Crippen molar-refractivity contribution in [3.05, 3.63) is 12.3 Å². The van der Waals surface area contributed by atoms with Crippen molar-refractivity contribution in [1.29, 1.82) is 0 Å². The van der Waals surface area contributed by atoms with E-state index in [1.807, 2.05) is 0 Å². The van der Waals surface area contributed by atoms with E-state index in [4.69, 9.17) is 26.3 Å². The van der Waals surface area contributed by atoms with Gasteiger partial charge in [0, 0.05) is 6.61 Å². The minimum Gasteiger partial charge on any atom is -0.397 e. The molecule has 1 aromatic rings. The van der Waals surface area contributed by atoms with Crippen molar-refractivity contribution < 1.29 is 14.9 Å². The Hall–Kier alpha value is -1.53. The van der Waals surface area contributed by atoms with E-state index in [2.05, 4.69) is 4.98 Å². The van der Waals surface area contributed by atoms with Gasteiger partial charge in [0.15, 0.2) is 0 Å². The summed E-state index contributed by atoms with van der Waals surface area (Å²) in [5, 5.41) is 8.46. The van der Waals surface area contributed by atoms with E-state index in [-0.39, 0.29) is 19.1 Å². The van der Waals surface area contributed by atoms with Crippen LogP contribution in [0.4, 0.5) is 11.4 Å². The van der Waals surface area contributed by atoms with E-state index in [0.29, 0.717) is 17.8 Å². The standard InChI is InChI=1S/C8H13N3O3/c9-6-4-7(10)8(11-5-6)14-13-3-1-2-12/h4-5,12H,1-3,9-10H2. The van der Waals surface area contributed by atoms with Crippen LogP contribution in [0.25, 0.3) is 0 Å². The van der Waals surface area contributed by atoms with Gasteiger partial charge in [-0.3, -0.25) is 0 Å². The molecule has 0 radical (unpaired) electrons. The highest BCUT2D eigenvalue weighted by Gasteiger charge is 2.03. The van der Waals surface area contributed by atoms with Crippen molar-refractivity contribution in [2.45, 2.75) is 6.42 Å². The maximum Gasteiger partial charge on any atom is 0.279 e. The number of nitrogen functional groups attached to an aromatic ring is 2. The molecule has 1 rings (SSSR count). The predicted molar refractivity (Wildman–Crippen MR) is 51.3 cm³/mol. The molecular formula is C8H13N3O3. The zero-order valence-electron chi connectivity index (χ0n) is 7.64. The average Bonchev–Trinajstić information content (AvgIpc) is 2.15. The monoisotopic (exact) mass is 199 g/mol. The molecule has 6 heteroatoms. The molecule has 0 aliphatic carbocycles. The summed E-state index contributed by atoms with van der Waals surface area (Å²) in [5.74, 6) is 0.178. The minimum atomic E-state index is 0.0496. The summed E-state index contributed by atoms with van der Waals surface area (Å²) in [7, 11) is 0. The quantitative estimate of drug-likeness (QED) is 0.348. The summed E-state index contributed by atoms with van der Waals surface area (Å²) < 4.78 is 0. The first kappa shape index (κ1) is 10.6. The Morgan fingerprint density at radius 3 is 2.86 bits per heavy atom. The number of aliphatic hydroxyl groups is 1. The Morgan fingerprint density at radius 2 is 2.21 bits per heavy atom. The van der Waals surface area contributed by atoms with E-state index in [1.54, 1.807) is 0 Å². The van der Waals surface area contributed by atoms with Crippen LogP contribution in [0.2, 0.25) is 0 Å². The number of hydrogen-bond acceptors (Lipinski definition) is 6. The lowest BCUT2D eigenvalue weighted by molar-refractivity contribution is -0.210. The normalized spacial score (nSPS) is 10.1. The molecule has 0 saturated carbocycles. The number of pyridine rings is 1. The van der Waals surface area contributed by atoms with Crippen molar-refractivity contribution in [3.8, 4) is 5.88 Å². The summed E-state index contributed by atoms with van der Waals surface area (Å²) in [5.41, 5.74) is 11.7. The number of nitrogens with zero attached hydrogens (tertiary/aromatic N) is 1. The molecule has 0 spiro atoms. The van der Waals surface area contributed by atoms with Gasteiger partial charge in [-0.2, -0.15) is 4.89 Å². The van der Waals surface area contributed by atoms with Crippen LogP contribution >= 0.6 is 0 Å². The van der Waals surface area contributed by atoms with Crippen molar-refractivity contribution in [2.24, 2.45) is 0 Å². The lowest BCUT2D eigenvalue weighted by Crippen LogP contribution is -2.05. The fraction of sp³-hybridized carbons (Fsp3) is 0.375. The summed E-state index contributed by atoms with van der Waals surface area (Å²) in [6, 6.07) is 1.53. The molecule has 0 aliphatic heterocycles. The van der Waals surface area contributed by atoms with Gasteiger partial charge in [-0.05, 0) is 12.5 Å². The molecule has 6 nitrogen and oxygen atoms in total. The molecule has 14 heavy (non-hydrogen) atoms. The smallest absolute Gasteiger partial charge is 0.279 e. The summed E-state index contributed by atoms with van der Waals surface area (Å²) >= 11 is 0. The second-order valence-electron chi connectivity index (χ2n) is 2.65. The van der Waals surface area contributed by atoms with Gasteiger partial charge < -0.3 is 21.5 Å². The van der Waals surface area contributed by atoms with Crippen LogP contribution in [0.1, 0.15) is 6.42 Å². The largest absolute Gasteiger partial charge is 0.397 e. The molecule has 0 amide bonds. The molecule has 5 N–H and O–H groups in total. The average molecular weight is 199 g/mol. The van der Waals surface area contributed by atoms with Crippen LogP contribution in [0, 0.1) is 0 Å². The highest BCUT2D eigenvalue weighted by atomic mass is 17.2. The summed E-state index contributed by atoms with van der Waals surface area (Å²) in [6.07, 6.45) is 1.91. The molecule has 0 aliphatic rings. The van der Waals surface area contributed by atoms with Crippen LogP contribution in [0.5, 0.6) is 5.88 Å². The van der Waals surface area contributed by atoms with Crippen LogP contribution in [0.3, 0.4) is 0 Å². The summed E-state index contributed by atoms with van der Waals surface area (Å²) in [4.78, 5) is 13.3. The lowest BCUT2D eigenvalue weighted by atomic mass is 10.4. The number of rotatable bonds is 5. The fourth-order valence-corrected chi connectivity index (χ4v) is 0.777. The molecular weight excluding hydrogens is 186 g/mol. The van der Waals surface area contributed by atoms with Crippen LogP contribution < -0.4 is 16.4 Å². The highest BCUT2D eigenvalue weighted by Crippen LogP contribution is 2.19. The van der Waals surface area contributed by atoms with Gasteiger partial charge in [0.2, 0.25) is 0 Å². The first-order valence-corrected chi connectivity index (χ1v) is 4.15. The molecule has 0 bridgehead atoms. The first-order valence-electron chi connectivity index (χ1n) is 4.15.